The average molecular weight is 202 g/mol. The van der Waals surface area contributed by atoms with Gasteiger partial charge in [-0.1, -0.05) is 23.2 Å². The molecule has 0 aromatic carbocycles. The van der Waals surface area contributed by atoms with Crippen LogP contribution in [0, 0.1) is 6.92 Å². The Morgan fingerprint density at radius 3 is 2.92 bits per heavy atom. The normalized spacial score (nSPS) is 10.9. The number of aryl methyl sites for hydroxylation is 1. The van der Waals surface area contributed by atoms with E-state index in [1.807, 2.05) is 13.0 Å². The molecule has 0 fully saturated rings. The molecule has 2 heterocycles. The van der Waals surface area contributed by atoms with E-state index < -0.39 is 0 Å². The molecule has 2 aromatic heterocycles. The lowest BCUT2D eigenvalue weighted by Crippen LogP contribution is -1.89. The summed E-state index contributed by atoms with van der Waals surface area (Å²) in [6, 6.07) is 1.85. The summed E-state index contributed by atoms with van der Waals surface area (Å²) in [7, 11) is 0. The van der Waals surface area contributed by atoms with Crippen LogP contribution >= 0.6 is 23.2 Å². The maximum Gasteiger partial charge on any atom is 0.156 e. The SMILES string of the molecule is Cc1cc2c(Cl)nc(Cl)cn2n1. The molecule has 0 spiro atoms. The molecule has 0 amide bonds. The number of hydrogen-bond donors (Lipinski definition) is 0. The molecule has 12 heavy (non-hydrogen) atoms. The van der Waals surface area contributed by atoms with Gasteiger partial charge in [-0.05, 0) is 13.0 Å². The minimum absolute atomic E-state index is 0.343. The van der Waals surface area contributed by atoms with Gasteiger partial charge < -0.3 is 0 Å². The van der Waals surface area contributed by atoms with Crippen LogP contribution in [-0.4, -0.2) is 14.6 Å². The molecular formula is C7H5Cl2N3. The Balaban J connectivity index is 2.88. The standard InChI is InChI=1S/C7H5Cl2N3/c1-4-2-5-7(9)10-6(8)3-12(5)11-4/h2-3H,1H3. The number of fused-ring (bicyclic) bond motifs is 1. The zero-order chi connectivity index (χ0) is 8.72. The summed E-state index contributed by atoms with van der Waals surface area (Å²) in [6.07, 6.45) is 1.62. The monoisotopic (exact) mass is 201 g/mol. The first-order valence-corrected chi connectivity index (χ1v) is 4.10. The minimum Gasteiger partial charge on any atom is -0.234 e. The first-order chi connectivity index (χ1) is 5.66. The first-order valence-electron chi connectivity index (χ1n) is 3.35. The second-order valence-corrected chi connectivity index (χ2v) is 3.22. The quantitative estimate of drug-likeness (QED) is 0.656. The smallest absolute Gasteiger partial charge is 0.156 e. The lowest BCUT2D eigenvalue weighted by atomic mass is 10.4. The zero-order valence-electron chi connectivity index (χ0n) is 6.25. The summed E-state index contributed by atoms with van der Waals surface area (Å²) >= 11 is 11.5. The molecule has 0 unspecified atom stereocenters. The third kappa shape index (κ3) is 1.15. The summed E-state index contributed by atoms with van der Waals surface area (Å²) in [6.45, 7) is 1.89. The van der Waals surface area contributed by atoms with Crippen LogP contribution in [0.25, 0.3) is 5.52 Å². The molecule has 0 aliphatic heterocycles. The van der Waals surface area contributed by atoms with Crippen LogP contribution in [-0.2, 0) is 0 Å². The van der Waals surface area contributed by atoms with Crippen molar-refractivity contribution in [2.75, 3.05) is 0 Å². The molecule has 0 atom stereocenters. The van der Waals surface area contributed by atoms with E-state index in [0.29, 0.717) is 10.3 Å². The van der Waals surface area contributed by atoms with Crippen molar-refractivity contribution in [1.29, 1.82) is 0 Å². The third-order valence-electron chi connectivity index (χ3n) is 1.50. The van der Waals surface area contributed by atoms with E-state index in [9.17, 15) is 0 Å². The van der Waals surface area contributed by atoms with Crippen LogP contribution in [0.15, 0.2) is 12.3 Å². The van der Waals surface area contributed by atoms with E-state index in [0.717, 1.165) is 11.2 Å². The van der Waals surface area contributed by atoms with Crippen molar-refractivity contribution >= 4 is 28.7 Å². The maximum atomic E-state index is 5.82. The van der Waals surface area contributed by atoms with Crippen LogP contribution < -0.4 is 0 Å². The van der Waals surface area contributed by atoms with Crippen LogP contribution in [0.5, 0.6) is 0 Å². The molecule has 0 N–H and O–H groups in total. The Morgan fingerprint density at radius 1 is 1.42 bits per heavy atom. The molecule has 2 rings (SSSR count). The van der Waals surface area contributed by atoms with Crippen molar-refractivity contribution in [3.63, 3.8) is 0 Å². The minimum atomic E-state index is 0.343. The number of aromatic nitrogens is 3. The number of nitrogens with zero attached hydrogens (tertiary/aromatic N) is 3. The zero-order valence-corrected chi connectivity index (χ0v) is 7.76. The molecule has 0 bridgehead atoms. The van der Waals surface area contributed by atoms with Gasteiger partial charge in [0.05, 0.1) is 11.9 Å². The third-order valence-corrected chi connectivity index (χ3v) is 1.96. The van der Waals surface area contributed by atoms with E-state index in [1.54, 1.807) is 10.7 Å². The second kappa shape index (κ2) is 2.61. The Bertz CT molecular complexity index is 435. The molecule has 0 saturated heterocycles. The number of rotatable bonds is 0. The highest BCUT2D eigenvalue weighted by Crippen LogP contribution is 2.18. The van der Waals surface area contributed by atoms with Crippen LogP contribution in [0.1, 0.15) is 5.69 Å². The molecule has 0 saturated carbocycles. The second-order valence-electron chi connectivity index (χ2n) is 2.47. The summed E-state index contributed by atoms with van der Waals surface area (Å²) in [5.74, 6) is 0. The van der Waals surface area contributed by atoms with Gasteiger partial charge in [0.25, 0.3) is 0 Å². The van der Waals surface area contributed by atoms with Gasteiger partial charge in [0.2, 0.25) is 0 Å². The predicted molar refractivity (Wildman–Crippen MR) is 47.7 cm³/mol. The van der Waals surface area contributed by atoms with E-state index >= 15 is 0 Å². The van der Waals surface area contributed by atoms with Gasteiger partial charge in [-0.25, -0.2) is 9.50 Å². The van der Waals surface area contributed by atoms with Crippen molar-refractivity contribution in [1.82, 2.24) is 14.6 Å². The highest BCUT2D eigenvalue weighted by molar-refractivity contribution is 6.34. The molecule has 2 aromatic rings. The summed E-state index contributed by atoms with van der Waals surface area (Å²) in [5.41, 5.74) is 1.67. The molecule has 62 valence electrons. The van der Waals surface area contributed by atoms with Gasteiger partial charge in [-0.15, -0.1) is 0 Å². The van der Waals surface area contributed by atoms with Crippen molar-refractivity contribution < 1.29 is 0 Å². The van der Waals surface area contributed by atoms with Gasteiger partial charge in [0, 0.05) is 0 Å². The highest BCUT2D eigenvalue weighted by atomic mass is 35.5. The van der Waals surface area contributed by atoms with Gasteiger partial charge in [-0.3, -0.25) is 0 Å². The van der Waals surface area contributed by atoms with Crippen molar-refractivity contribution in [3.05, 3.63) is 28.3 Å². The predicted octanol–water partition coefficient (Wildman–Crippen LogP) is 2.34. The summed E-state index contributed by atoms with van der Waals surface area (Å²) in [4.78, 5) is 3.89. The van der Waals surface area contributed by atoms with E-state index in [4.69, 9.17) is 23.2 Å². The number of halogens is 2. The molecule has 3 nitrogen and oxygen atoms in total. The van der Waals surface area contributed by atoms with Gasteiger partial charge in [-0.2, -0.15) is 5.10 Å². The molecule has 0 radical (unpaired) electrons. The fraction of sp³-hybridized carbons (Fsp3) is 0.143. The van der Waals surface area contributed by atoms with E-state index in [-0.39, 0.29) is 0 Å². The first kappa shape index (κ1) is 7.83. The summed E-state index contributed by atoms with van der Waals surface area (Å²) in [5, 5.41) is 4.86. The maximum absolute atomic E-state index is 5.82. The van der Waals surface area contributed by atoms with Gasteiger partial charge in [0.15, 0.2) is 5.15 Å². The molecule has 5 heteroatoms. The van der Waals surface area contributed by atoms with E-state index in [2.05, 4.69) is 10.1 Å². The molecular weight excluding hydrogens is 197 g/mol. The highest BCUT2D eigenvalue weighted by Gasteiger charge is 2.04. The van der Waals surface area contributed by atoms with Crippen LogP contribution in [0.4, 0.5) is 0 Å². The lowest BCUT2D eigenvalue weighted by Gasteiger charge is -1.94. The Hall–Kier alpha value is -0.800. The Labute approximate surface area is 78.9 Å². The molecule has 0 aliphatic rings. The van der Waals surface area contributed by atoms with Crippen LogP contribution in [0.2, 0.25) is 10.3 Å². The van der Waals surface area contributed by atoms with Crippen LogP contribution in [0.3, 0.4) is 0 Å². The van der Waals surface area contributed by atoms with Gasteiger partial charge in [0.1, 0.15) is 10.7 Å². The largest absolute Gasteiger partial charge is 0.234 e. The fourth-order valence-corrected chi connectivity index (χ4v) is 1.50. The average Bonchev–Trinajstić information content (AvgIpc) is 2.29. The summed E-state index contributed by atoms with van der Waals surface area (Å²) < 4.78 is 1.62. The van der Waals surface area contributed by atoms with Gasteiger partial charge >= 0.3 is 0 Å². The Kier molecular flexibility index (Phi) is 1.70. The lowest BCUT2D eigenvalue weighted by molar-refractivity contribution is 0.923. The van der Waals surface area contributed by atoms with Crippen molar-refractivity contribution in [2.24, 2.45) is 0 Å². The van der Waals surface area contributed by atoms with Crippen molar-refractivity contribution in [3.8, 4) is 0 Å². The Morgan fingerprint density at radius 2 is 2.17 bits per heavy atom. The topological polar surface area (TPSA) is 30.2 Å². The van der Waals surface area contributed by atoms with E-state index in [1.165, 1.54) is 0 Å². The fourth-order valence-electron chi connectivity index (χ4n) is 1.05. The van der Waals surface area contributed by atoms with Crippen molar-refractivity contribution in [2.45, 2.75) is 6.92 Å². The molecule has 0 aliphatic carbocycles. The number of hydrogen-bond acceptors (Lipinski definition) is 2.